The van der Waals surface area contributed by atoms with Gasteiger partial charge in [0.2, 0.25) is 0 Å². The summed E-state index contributed by atoms with van der Waals surface area (Å²) < 4.78 is 70.0. The topological polar surface area (TPSA) is 56.2 Å². The van der Waals surface area contributed by atoms with Crippen molar-refractivity contribution in [3.63, 3.8) is 0 Å². The molecule has 0 aliphatic rings. The Hall–Kier alpha value is -3.27. The lowest BCUT2D eigenvalue weighted by Crippen LogP contribution is -2.32. The molecule has 5 nitrogen and oxygen atoms in total. The molecule has 1 N–H and O–H groups in total. The lowest BCUT2D eigenvalue weighted by atomic mass is 10.1. The monoisotopic (exact) mass is 439 g/mol. The first-order valence-electron chi connectivity index (χ1n) is 9.14. The highest BCUT2D eigenvalue weighted by Gasteiger charge is 2.40. The summed E-state index contributed by atoms with van der Waals surface area (Å²) in [5.41, 5.74) is 1.39. The average molecular weight is 439 g/mol. The number of hydrogen-bond acceptors (Lipinski definition) is 3. The van der Waals surface area contributed by atoms with Gasteiger partial charge in [-0.15, -0.1) is 0 Å². The Morgan fingerprint density at radius 2 is 1.94 bits per heavy atom. The molecule has 2 aromatic carbocycles. The van der Waals surface area contributed by atoms with Crippen LogP contribution in [0.4, 0.5) is 27.6 Å². The van der Waals surface area contributed by atoms with Gasteiger partial charge in [-0.3, -0.25) is 9.48 Å². The van der Waals surface area contributed by atoms with Gasteiger partial charge in [-0.1, -0.05) is 30.3 Å². The molecule has 31 heavy (non-hydrogen) atoms. The molecule has 0 aliphatic heterocycles. The minimum absolute atomic E-state index is 0.179. The van der Waals surface area contributed by atoms with E-state index in [4.69, 9.17) is 0 Å². The molecule has 0 aliphatic carbocycles. The summed E-state index contributed by atoms with van der Waals surface area (Å²) in [4.78, 5) is 12.4. The van der Waals surface area contributed by atoms with Gasteiger partial charge in [0, 0.05) is 17.3 Å². The number of hydrogen-bond donors (Lipinski definition) is 1. The van der Waals surface area contributed by atoms with Gasteiger partial charge in [-0.25, -0.2) is 13.2 Å². The number of halogens is 5. The molecule has 0 unspecified atom stereocenters. The summed E-state index contributed by atoms with van der Waals surface area (Å²) in [6, 6.07) is 12.2. The zero-order chi connectivity index (χ0) is 22.4. The molecule has 0 fully saturated rings. The van der Waals surface area contributed by atoms with E-state index in [1.807, 2.05) is 0 Å². The van der Waals surface area contributed by atoms with Crippen molar-refractivity contribution < 1.29 is 31.5 Å². The summed E-state index contributed by atoms with van der Waals surface area (Å²) in [7, 11) is 0. The first-order chi connectivity index (χ1) is 14.7. The van der Waals surface area contributed by atoms with E-state index in [-0.39, 0.29) is 24.5 Å². The van der Waals surface area contributed by atoms with E-state index in [0.29, 0.717) is 16.8 Å². The van der Waals surface area contributed by atoms with Gasteiger partial charge in [0.15, 0.2) is 0 Å². The number of alkyl halides is 4. The highest BCUT2D eigenvalue weighted by Crippen LogP contribution is 2.23. The van der Waals surface area contributed by atoms with Crippen LogP contribution in [-0.2, 0) is 17.9 Å². The SMILES string of the molecule is O=C(Nc1cnn(Cc2ccccc2F)c1)c1cccc(COCC(F)(F)C(F)F)c1. The second-order valence-corrected chi connectivity index (χ2v) is 6.73. The van der Waals surface area contributed by atoms with Crippen LogP contribution in [0.25, 0.3) is 0 Å². The second kappa shape index (κ2) is 9.69. The van der Waals surface area contributed by atoms with Crippen molar-refractivity contribution in [1.29, 1.82) is 0 Å². The van der Waals surface area contributed by atoms with Gasteiger partial charge >= 0.3 is 12.3 Å². The molecule has 0 atom stereocenters. The third kappa shape index (κ3) is 6.11. The first kappa shape index (κ1) is 22.4. The van der Waals surface area contributed by atoms with E-state index in [1.54, 1.807) is 18.2 Å². The average Bonchev–Trinajstić information content (AvgIpc) is 3.16. The van der Waals surface area contributed by atoms with Gasteiger partial charge in [0.1, 0.15) is 12.4 Å². The fourth-order valence-electron chi connectivity index (χ4n) is 2.69. The molecule has 0 saturated heterocycles. The number of amides is 1. The van der Waals surface area contributed by atoms with Crippen molar-refractivity contribution in [2.45, 2.75) is 25.5 Å². The Labute approximate surface area is 174 Å². The van der Waals surface area contributed by atoms with E-state index < -0.39 is 24.9 Å². The molecule has 0 spiro atoms. The molecule has 10 heteroatoms. The fourth-order valence-corrected chi connectivity index (χ4v) is 2.69. The summed E-state index contributed by atoms with van der Waals surface area (Å²) in [6.45, 7) is -1.61. The number of ether oxygens (including phenoxy) is 1. The predicted octanol–water partition coefficient (Wildman–Crippen LogP) is 4.74. The smallest absolute Gasteiger partial charge is 0.330 e. The number of rotatable bonds is 9. The molecule has 0 bridgehead atoms. The first-order valence-corrected chi connectivity index (χ1v) is 9.14. The van der Waals surface area contributed by atoms with Crippen LogP contribution >= 0.6 is 0 Å². The van der Waals surface area contributed by atoms with Crippen LogP contribution < -0.4 is 5.32 Å². The van der Waals surface area contributed by atoms with Gasteiger partial charge in [0.25, 0.3) is 5.91 Å². The third-order valence-corrected chi connectivity index (χ3v) is 4.25. The molecule has 3 rings (SSSR count). The summed E-state index contributed by atoms with van der Waals surface area (Å²) in [5, 5.41) is 6.70. The van der Waals surface area contributed by atoms with Crippen LogP contribution in [0.5, 0.6) is 0 Å². The maximum atomic E-state index is 13.7. The summed E-state index contributed by atoms with van der Waals surface area (Å²) in [6.07, 6.45) is -0.883. The molecule has 1 amide bonds. The van der Waals surface area contributed by atoms with Crippen LogP contribution in [0.3, 0.4) is 0 Å². The number of benzene rings is 2. The zero-order valence-electron chi connectivity index (χ0n) is 16.1. The number of nitrogens with zero attached hydrogens (tertiary/aromatic N) is 2. The molecular formula is C21H18F5N3O2. The third-order valence-electron chi connectivity index (χ3n) is 4.25. The fraction of sp³-hybridized carbons (Fsp3) is 0.238. The Morgan fingerprint density at radius 1 is 1.16 bits per heavy atom. The molecule has 1 heterocycles. The van der Waals surface area contributed by atoms with Crippen molar-refractivity contribution in [3.8, 4) is 0 Å². The Kier molecular flexibility index (Phi) is 7.01. The molecule has 0 saturated carbocycles. The lowest BCUT2D eigenvalue weighted by Gasteiger charge is -2.15. The highest BCUT2D eigenvalue weighted by molar-refractivity contribution is 6.04. The van der Waals surface area contributed by atoms with Crippen molar-refractivity contribution in [2.24, 2.45) is 0 Å². The Bertz CT molecular complexity index is 1040. The van der Waals surface area contributed by atoms with Crippen LogP contribution in [0, 0.1) is 5.82 Å². The van der Waals surface area contributed by atoms with Crippen LogP contribution in [0.15, 0.2) is 60.9 Å². The molecule has 164 valence electrons. The van der Waals surface area contributed by atoms with Crippen molar-refractivity contribution in [1.82, 2.24) is 9.78 Å². The van der Waals surface area contributed by atoms with Gasteiger partial charge in [-0.2, -0.15) is 13.9 Å². The van der Waals surface area contributed by atoms with E-state index in [0.717, 1.165) is 0 Å². The molecule has 3 aromatic rings. The van der Waals surface area contributed by atoms with E-state index >= 15 is 0 Å². The second-order valence-electron chi connectivity index (χ2n) is 6.73. The highest BCUT2D eigenvalue weighted by atomic mass is 19.3. The van der Waals surface area contributed by atoms with Crippen LogP contribution in [0.2, 0.25) is 0 Å². The number of nitrogens with one attached hydrogen (secondary N) is 1. The Morgan fingerprint density at radius 3 is 2.68 bits per heavy atom. The molecular weight excluding hydrogens is 421 g/mol. The number of carbonyl (C=O) groups is 1. The van der Waals surface area contributed by atoms with E-state index in [2.05, 4.69) is 15.2 Å². The van der Waals surface area contributed by atoms with E-state index in [1.165, 1.54) is 47.4 Å². The van der Waals surface area contributed by atoms with Gasteiger partial charge in [-0.05, 0) is 23.8 Å². The number of anilines is 1. The maximum absolute atomic E-state index is 13.7. The maximum Gasteiger partial charge on any atom is 0.330 e. The summed E-state index contributed by atoms with van der Waals surface area (Å²) >= 11 is 0. The van der Waals surface area contributed by atoms with Crippen LogP contribution in [-0.4, -0.2) is 34.6 Å². The van der Waals surface area contributed by atoms with Crippen molar-refractivity contribution >= 4 is 11.6 Å². The largest absolute Gasteiger partial charge is 0.370 e. The van der Waals surface area contributed by atoms with Gasteiger partial charge in [0.05, 0.1) is 25.0 Å². The number of aromatic nitrogens is 2. The van der Waals surface area contributed by atoms with Crippen molar-refractivity contribution in [2.75, 3.05) is 11.9 Å². The minimum atomic E-state index is -4.24. The molecule has 0 radical (unpaired) electrons. The Balaban J connectivity index is 1.58. The predicted molar refractivity (Wildman–Crippen MR) is 103 cm³/mol. The standard InChI is InChI=1S/C21H18F5N3O2/c22-18-7-2-1-5-16(18)10-29-11-17(9-27-29)28-19(30)15-6-3-4-14(8-15)12-31-13-21(25,26)20(23)24/h1-9,11,20H,10,12-13H2,(H,28,30). The van der Waals surface area contributed by atoms with Crippen molar-refractivity contribution in [3.05, 3.63) is 83.4 Å². The minimum Gasteiger partial charge on any atom is -0.370 e. The quantitative estimate of drug-likeness (QED) is 0.490. The molecule has 1 aromatic heterocycles. The van der Waals surface area contributed by atoms with Crippen LogP contribution in [0.1, 0.15) is 21.5 Å². The zero-order valence-corrected chi connectivity index (χ0v) is 16.1. The van der Waals surface area contributed by atoms with Gasteiger partial charge < -0.3 is 10.1 Å². The summed E-state index contributed by atoms with van der Waals surface area (Å²) in [5.74, 6) is -5.10. The number of carbonyl (C=O) groups excluding carboxylic acids is 1. The lowest BCUT2D eigenvalue weighted by molar-refractivity contribution is -0.168. The van der Waals surface area contributed by atoms with E-state index in [9.17, 15) is 26.7 Å². The normalized spacial score (nSPS) is 11.7.